The van der Waals surface area contributed by atoms with Gasteiger partial charge < -0.3 is 15.6 Å². The van der Waals surface area contributed by atoms with Gasteiger partial charge in [-0.1, -0.05) is 42.5 Å². The van der Waals surface area contributed by atoms with Crippen molar-refractivity contribution in [1.82, 2.24) is 4.90 Å². The number of phenolic OH excluding ortho intramolecular Hbond substituents is 1. The second kappa shape index (κ2) is 10.0. The molecule has 7 nitrogen and oxygen atoms in total. The summed E-state index contributed by atoms with van der Waals surface area (Å²) in [6, 6.07) is 13.0. The third-order valence-electron chi connectivity index (χ3n) is 4.26. The van der Waals surface area contributed by atoms with Gasteiger partial charge in [0.05, 0.1) is 6.04 Å². The summed E-state index contributed by atoms with van der Waals surface area (Å²) < 4.78 is 5.36. The van der Waals surface area contributed by atoms with Crippen LogP contribution in [0.25, 0.3) is 0 Å². The lowest BCUT2D eigenvalue weighted by Gasteiger charge is -2.31. The third kappa shape index (κ3) is 6.70. The lowest BCUT2D eigenvalue weighted by Crippen LogP contribution is -2.54. The molecule has 3 N–H and O–H groups in total. The summed E-state index contributed by atoms with van der Waals surface area (Å²) in [4.78, 5) is 38.4. The van der Waals surface area contributed by atoms with Gasteiger partial charge in [0.2, 0.25) is 12.2 Å². The van der Waals surface area contributed by atoms with Crippen molar-refractivity contribution in [2.45, 2.75) is 51.3 Å². The highest BCUT2D eigenvalue weighted by atomic mass is 16.6. The molecule has 2 rings (SSSR count). The Labute approximate surface area is 176 Å². The molecule has 2 atom stereocenters. The summed E-state index contributed by atoms with van der Waals surface area (Å²) in [6.07, 6.45) is 1.06. The number of aromatic hydroxyl groups is 1. The van der Waals surface area contributed by atoms with Crippen molar-refractivity contribution in [3.05, 3.63) is 65.7 Å². The van der Waals surface area contributed by atoms with Gasteiger partial charge in [-0.3, -0.25) is 9.59 Å². The van der Waals surface area contributed by atoms with Gasteiger partial charge in [0, 0.05) is 6.42 Å². The number of hydrogen-bond acceptors (Lipinski definition) is 6. The van der Waals surface area contributed by atoms with Crippen LogP contribution in [-0.4, -0.2) is 46.0 Å². The number of carbonyl (C=O) groups is 2. The van der Waals surface area contributed by atoms with Gasteiger partial charge in [-0.05, 0) is 50.5 Å². The van der Waals surface area contributed by atoms with Gasteiger partial charge in [-0.25, -0.2) is 9.69 Å². The smallest absolute Gasteiger partial charge is 0.417 e. The highest BCUT2D eigenvalue weighted by Crippen LogP contribution is 2.17. The molecule has 30 heavy (non-hydrogen) atoms. The molecule has 1 radical (unpaired) electrons. The molecular weight excluding hydrogens is 384 g/mol. The van der Waals surface area contributed by atoms with E-state index >= 15 is 0 Å². The van der Waals surface area contributed by atoms with E-state index in [0.717, 1.165) is 10.5 Å². The van der Waals surface area contributed by atoms with Crippen molar-refractivity contribution in [3.8, 4) is 5.75 Å². The van der Waals surface area contributed by atoms with Crippen LogP contribution in [-0.2, 0) is 27.2 Å². The van der Waals surface area contributed by atoms with Crippen molar-refractivity contribution >= 4 is 18.3 Å². The Hall–Kier alpha value is -3.19. The molecule has 7 heteroatoms. The average Bonchev–Trinajstić information content (AvgIpc) is 2.68. The van der Waals surface area contributed by atoms with Crippen molar-refractivity contribution in [2.75, 3.05) is 0 Å². The Kier molecular flexibility index (Phi) is 7.72. The van der Waals surface area contributed by atoms with E-state index in [0.29, 0.717) is 5.56 Å². The minimum atomic E-state index is -1.18. The number of amides is 2. The monoisotopic (exact) mass is 411 g/mol. The van der Waals surface area contributed by atoms with Crippen LogP contribution in [0.2, 0.25) is 0 Å². The second-order valence-corrected chi connectivity index (χ2v) is 7.99. The Balaban J connectivity index is 2.28. The van der Waals surface area contributed by atoms with Crippen LogP contribution >= 0.6 is 0 Å². The Morgan fingerprint density at radius 3 is 2.13 bits per heavy atom. The number of nitrogens with zero attached hydrogens (tertiary/aromatic N) is 1. The molecule has 0 aliphatic heterocycles. The molecule has 0 spiro atoms. The van der Waals surface area contributed by atoms with E-state index in [1.165, 1.54) is 12.1 Å². The van der Waals surface area contributed by atoms with Gasteiger partial charge in [-0.15, -0.1) is 0 Å². The molecule has 0 bridgehead atoms. The van der Waals surface area contributed by atoms with Crippen molar-refractivity contribution in [3.63, 3.8) is 0 Å². The van der Waals surface area contributed by atoms with Crippen LogP contribution in [0, 0.1) is 0 Å². The molecule has 0 fully saturated rings. The molecule has 159 valence electrons. The predicted octanol–water partition coefficient (Wildman–Crippen LogP) is 2.75. The number of hydrogen-bond donors (Lipinski definition) is 2. The van der Waals surface area contributed by atoms with Crippen LogP contribution < -0.4 is 5.73 Å². The van der Waals surface area contributed by atoms with Crippen LogP contribution in [0.5, 0.6) is 5.75 Å². The Morgan fingerprint density at radius 1 is 1.03 bits per heavy atom. The third-order valence-corrected chi connectivity index (χ3v) is 4.26. The molecule has 0 saturated carbocycles. The van der Waals surface area contributed by atoms with E-state index in [4.69, 9.17) is 10.5 Å². The fraction of sp³-hybridized carbons (Fsp3) is 0.348. The lowest BCUT2D eigenvalue weighted by molar-refractivity contribution is -0.132. The molecule has 0 aliphatic rings. The summed E-state index contributed by atoms with van der Waals surface area (Å²) in [7, 11) is 0. The largest absolute Gasteiger partial charge is 0.508 e. The number of phenols is 1. The quantitative estimate of drug-likeness (QED) is 0.725. The number of benzene rings is 2. The van der Waals surface area contributed by atoms with Crippen molar-refractivity contribution in [2.24, 2.45) is 5.73 Å². The molecule has 0 heterocycles. The summed E-state index contributed by atoms with van der Waals surface area (Å²) in [5, 5.41) is 9.40. The van der Waals surface area contributed by atoms with Gasteiger partial charge in [0.25, 0.3) is 0 Å². The SMILES string of the molecule is CC(C)(C)OC(=O)N(C(=O)[C@@H](N)Cc1ccc(O)cc1)[C@@H]([C]=O)Cc1ccccc1. The van der Waals surface area contributed by atoms with E-state index in [1.54, 1.807) is 63.5 Å². The summed E-state index contributed by atoms with van der Waals surface area (Å²) >= 11 is 0. The Bertz CT molecular complexity index is 859. The number of imide groups is 1. The van der Waals surface area contributed by atoms with Crippen molar-refractivity contribution in [1.29, 1.82) is 0 Å². The maximum absolute atomic E-state index is 13.1. The summed E-state index contributed by atoms with van der Waals surface area (Å²) in [5.41, 5.74) is 6.68. The first kappa shape index (κ1) is 23.1. The van der Waals surface area contributed by atoms with Crippen LogP contribution in [0.4, 0.5) is 4.79 Å². The molecule has 0 unspecified atom stereocenters. The molecule has 0 saturated heterocycles. The van der Waals surface area contributed by atoms with Gasteiger partial charge >= 0.3 is 6.09 Å². The topological polar surface area (TPSA) is 110 Å². The van der Waals surface area contributed by atoms with E-state index < -0.39 is 29.7 Å². The second-order valence-electron chi connectivity index (χ2n) is 7.99. The van der Waals surface area contributed by atoms with Crippen LogP contribution in [0.1, 0.15) is 31.9 Å². The van der Waals surface area contributed by atoms with E-state index in [9.17, 15) is 19.5 Å². The lowest BCUT2D eigenvalue weighted by atomic mass is 10.0. The zero-order chi connectivity index (χ0) is 22.3. The van der Waals surface area contributed by atoms with Crippen LogP contribution in [0.15, 0.2) is 54.6 Å². The molecule has 2 aromatic rings. The number of ether oxygens (including phenoxy) is 1. The maximum atomic E-state index is 13.1. The van der Waals surface area contributed by atoms with Crippen molar-refractivity contribution < 1.29 is 24.2 Å². The first-order valence-corrected chi connectivity index (χ1v) is 9.62. The fourth-order valence-corrected chi connectivity index (χ4v) is 2.86. The molecule has 2 amide bonds. The zero-order valence-electron chi connectivity index (χ0n) is 17.4. The summed E-state index contributed by atoms with van der Waals surface area (Å²) in [5.74, 6) is -0.644. The van der Waals surface area contributed by atoms with E-state index in [2.05, 4.69) is 0 Å². The summed E-state index contributed by atoms with van der Waals surface area (Å²) in [6.45, 7) is 5.00. The van der Waals surface area contributed by atoms with Gasteiger partial charge in [0.15, 0.2) is 0 Å². The van der Waals surface area contributed by atoms with Crippen LogP contribution in [0.3, 0.4) is 0 Å². The van der Waals surface area contributed by atoms with Gasteiger partial charge in [-0.2, -0.15) is 0 Å². The van der Waals surface area contributed by atoms with Gasteiger partial charge in [0.1, 0.15) is 17.4 Å². The minimum absolute atomic E-state index is 0.0903. The number of carbonyl (C=O) groups excluding carboxylic acids is 3. The number of rotatable bonds is 7. The van der Waals surface area contributed by atoms with E-state index in [1.807, 2.05) is 6.07 Å². The fourth-order valence-electron chi connectivity index (χ4n) is 2.86. The predicted molar refractivity (Wildman–Crippen MR) is 112 cm³/mol. The molecule has 0 aliphatic carbocycles. The molecule has 2 aromatic carbocycles. The standard InChI is InChI=1S/C23H27N2O5/c1-23(2,3)30-22(29)25(18(15-26)13-16-7-5-4-6-8-16)21(28)20(24)14-17-9-11-19(27)12-10-17/h4-12,18,20,27H,13-14,24H2,1-3H3/t18-,20+/m1/s1. The first-order valence-electron chi connectivity index (χ1n) is 9.62. The first-order chi connectivity index (χ1) is 14.1. The maximum Gasteiger partial charge on any atom is 0.417 e. The number of nitrogens with two attached hydrogens (primary N) is 1. The van der Waals surface area contributed by atoms with E-state index in [-0.39, 0.29) is 18.6 Å². The average molecular weight is 411 g/mol. The normalized spacial score (nSPS) is 13.2. The molecule has 0 aromatic heterocycles. The highest BCUT2D eigenvalue weighted by molar-refractivity contribution is 5.97. The molecular formula is C23H27N2O5. The minimum Gasteiger partial charge on any atom is -0.508 e. The zero-order valence-corrected chi connectivity index (χ0v) is 17.4. The Morgan fingerprint density at radius 2 is 1.60 bits per heavy atom. The highest BCUT2D eigenvalue weighted by Gasteiger charge is 2.36.